The molecule has 4 nitrogen and oxygen atoms in total. The number of benzene rings is 2. The Balaban J connectivity index is 1.84. The Hall–Kier alpha value is -2.51. The van der Waals surface area contributed by atoms with Crippen LogP contribution in [0.25, 0.3) is 0 Å². The van der Waals surface area contributed by atoms with E-state index in [1.54, 1.807) is 24.3 Å². The van der Waals surface area contributed by atoms with E-state index in [1.165, 1.54) is 42.5 Å². The molecule has 122 valence electrons. The number of hydrogen-bond donors (Lipinski definition) is 1. The summed E-state index contributed by atoms with van der Waals surface area (Å²) in [4.78, 5) is 12.6. The zero-order valence-corrected chi connectivity index (χ0v) is 13.9. The predicted octanol–water partition coefficient (Wildman–Crippen LogP) is 3.97. The molecule has 24 heavy (non-hydrogen) atoms. The highest BCUT2D eigenvalue weighted by Gasteiger charge is 2.21. The highest BCUT2D eigenvalue weighted by atomic mass is 32.2. The normalized spacial score (nSPS) is 11.2. The smallest absolute Gasteiger partial charge is 0.265 e. The first kappa shape index (κ1) is 16.4. The van der Waals surface area contributed by atoms with Crippen LogP contribution in [0.15, 0.2) is 75.8 Å². The molecule has 1 heterocycles. The monoisotopic (exact) mass is 361 g/mol. The zero-order valence-electron chi connectivity index (χ0n) is 12.3. The van der Waals surface area contributed by atoms with Crippen LogP contribution in [-0.4, -0.2) is 14.3 Å². The van der Waals surface area contributed by atoms with Gasteiger partial charge in [-0.05, 0) is 42.5 Å². The summed E-state index contributed by atoms with van der Waals surface area (Å²) in [7, 11) is -3.65. The zero-order chi connectivity index (χ0) is 17.2. The first-order valence-electron chi connectivity index (χ1n) is 6.94. The molecular weight excluding hydrogens is 349 g/mol. The predicted molar refractivity (Wildman–Crippen MR) is 90.6 cm³/mol. The molecule has 0 aliphatic heterocycles. The van der Waals surface area contributed by atoms with Crippen molar-refractivity contribution in [2.75, 3.05) is 5.32 Å². The van der Waals surface area contributed by atoms with Gasteiger partial charge in [0.15, 0.2) is 0 Å². The number of sulfone groups is 1. The lowest BCUT2D eigenvalue weighted by molar-refractivity contribution is 0.103. The van der Waals surface area contributed by atoms with Crippen LogP contribution in [0.5, 0.6) is 0 Å². The molecule has 0 aliphatic rings. The van der Waals surface area contributed by atoms with Gasteiger partial charge in [-0.1, -0.05) is 24.3 Å². The molecule has 3 aromatic rings. The molecule has 3 rings (SSSR count). The maximum Gasteiger partial charge on any atom is 0.265 e. The summed E-state index contributed by atoms with van der Waals surface area (Å²) in [6, 6.07) is 16.3. The van der Waals surface area contributed by atoms with E-state index < -0.39 is 21.6 Å². The first-order valence-corrected chi connectivity index (χ1v) is 9.24. The summed E-state index contributed by atoms with van der Waals surface area (Å²) in [5, 5.41) is 2.54. The summed E-state index contributed by atoms with van der Waals surface area (Å²) in [5.74, 6) is -0.952. The molecule has 0 bridgehead atoms. The second kappa shape index (κ2) is 6.54. The van der Waals surface area contributed by atoms with E-state index in [1.807, 2.05) is 0 Å². The van der Waals surface area contributed by atoms with Gasteiger partial charge in [-0.3, -0.25) is 4.79 Å². The summed E-state index contributed by atoms with van der Waals surface area (Å²) in [5.41, 5.74) is 0.306. The summed E-state index contributed by atoms with van der Waals surface area (Å²) in [6.45, 7) is 0. The van der Waals surface area contributed by atoms with Gasteiger partial charge in [-0.25, -0.2) is 12.8 Å². The molecular formula is C17H12FNO3S2. The summed E-state index contributed by atoms with van der Waals surface area (Å²) < 4.78 is 38.2. The van der Waals surface area contributed by atoms with Gasteiger partial charge in [-0.15, -0.1) is 11.3 Å². The molecule has 1 aromatic heterocycles. The molecule has 1 N–H and O–H groups in total. The first-order chi connectivity index (χ1) is 11.5. The third-order valence-electron chi connectivity index (χ3n) is 3.21. The Morgan fingerprint density at radius 1 is 0.958 bits per heavy atom. The van der Waals surface area contributed by atoms with Gasteiger partial charge in [0.2, 0.25) is 9.84 Å². The average molecular weight is 361 g/mol. The molecule has 0 spiro atoms. The minimum atomic E-state index is -3.65. The van der Waals surface area contributed by atoms with Crippen molar-refractivity contribution in [1.82, 2.24) is 0 Å². The van der Waals surface area contributed by atoms with Gasteiger partial charge in [0.05, 0.1) is 9.77 Å². The van der Waals surface area contributed by atoms with Gasteiger partial charge in [-0.2, -0.15) is 0 Å². The fourth-order valence-corrected chi connectivity index (χ4v) is 4.69. The van der Waals surface area contributed by atoms with Crippen molar-refractivity contribution in [2.24, 2.45) is 0 Å². The number of rotatable bonds is 4. The Bertz CT molecular complexity index is 982. The molecule has 1 amide bonds. The van der Waals surface area contributed by atoms with Gasteiger partial charge in [0, 0.05) is 5.69 Å². The number of amides is 1. The fraction of sp³-hybridized carbons (Fsp3) is 0. The molecule has 2 aromatic carbocycles. The van der Waals surface area contributed by atoms with Gasteiger partial charge in [0.1, 0.15) is 10.0 Å². The van der Waals surface area contributed by atoms with E-state index >= 15 is 0 Å². The topological polar surface area (TPSA) is 63.2 Å². The molecule has 7 heteroatoms. The van der Waals surface area contributed by atoms with E-state index in [4.69, 9.17) is 0 Å². The van der Waals surface area contributed by atoms with Crippen molar-refractivity contribution in [1.29, 1.82) is 0 Å². The standard InChI is InChI=1S/C17H12FNO3S2/c18-12-5-4-6-13(11-12)19-17(20)15-9-10-16(23-15)24(21,22)14-7-2-1-3-8-14/h1-11H,(H,19,20). The average Bonchev–Trinajstić information content (AvgIpc) is 3.07. The Morgan fingerprint density at radius 3 is 2.42 bits per heavy atom. The van der Waals surface area contributed by atoms with Crippen LogP contribution in [0.2, 0.25) is 0 Å². The number of carbonyl (C=O) groups is 1. The third-order valence-corrected chi connectivity index (χ3v) is 6.55. The van der Waals surface area contributed by atoms with E-state index in [-0.39, 0.29) is 14.0 Å². The van der Waals surface area contributed by atoms with Crippen molar-refractivity contribution in [3.8, 4) is 0 Å². The maximum atomic E-state index is 13.1. The van der Waals surface area contributed by atoms with Crippen molar-refractivity contribution in [3.63, 3.8) is 0 Å². The van der Waals surface area contributed by atoms with Crippen LogP contribution >= 0.6 is 11.3 Å². The van der Waals surface area contributed by atoms with Crippen LogP contribution in [0.4, 0.5) is 10.1 Å². The Labute approximate surface area is 142 Å². The van der Waals surface area contributed by atoms with Crippen molar-refractivity contribution in [2.45, 2.75) is 9.10 Å². The minimum Gasteiger partial charge on any atom is -0.321 e. The molecule has 0 radical (unpaired) electrons. The van der Waals surface area contributed by atoms with Gasteiger partial charge in [0.25, 0.3) is 5.91 Å². The summed E-state index contributed by atoms with van der Waals surface area (Å²) in [6.07, 6.45) is 0. The van der Waals surface area contributed by atoms with Crippen molar-refractivity contribution < 1.29 is 17.6 Å². The van der Waals surface area contributed by atoms with E-state index in [0.717, 1.165) is 11.3 Å². The summed E-state index contributed by atoms with van der Waals surface area (Å²) >= 11 is 0.872. The van der Waals surface area contributed by atoms with Gasteiger partial charge < -0.3 is 5.32 Å². The molecule has 0 atom stereocenters. The van der Waals surface area contributed by atoms with E-state index in [2.05, 4.69) is 5.32 Å². The van der Waals surface area contributed by atoms with Crippen molar-refractivity contribution >= 4 is 32.8 Å². The van der Waals surface area contributed by atoms with Gasteiger partial charge >= 0.3 is 0 Å². The largest absolute Gasteiger partial charge is 0.321 e. The number of hydrogen-bond acceptors (Lipinski definition) is 4. The minimum absolute atomic E-state index is 0.0816. The third kappa shape index (κ3) is 3.37. The SMILES string of the molecule is O=C(Nc1cccc(F)c1)c1ccc(S(=O)(=O)c2ccccc2)s1. The lowest BCUT2D eigenvalue weighted by atomic mass is 10.3. The fourth-order valence-electron chi connectivity index (χ4n) is 2.06. The van der Waals surface area contributed by atoms with Crippen LogP contribution in [0, 0.1) is 5.82 Å². The number of carbonyl (C=O) groups excluding carboxylic acids is 1. The maximum absolute atomic E-state index is 13.1. The number of halogens is 1. The Morgan fingerprint density at radius 2 is 1.71 bits per heavy atom. The second-order valence-electron chi connectivity index (χ2n) is 4.90. The number of anilines is 1. The molecule has 0 saturated heterocycles. The lowest BCUT2D eigenvalue weighted by Crippen LogP contribution is -2.10. The number of thiophene rings is 1. The van der Waals surface area contributed by atoms with Crippen LogP contribution < -0.4 is 5.32 Å². The van der Waals surface area contributed by atoms with E-state index in [0.29, 0.717) is 5.69 Å². The molecule has 0 unspecified atom stereocenters. The van der Waals surface area contributed by atoms with Crippen molar-refractivity contribution in [3.05, 3.63) is 77.4 Å². The second-order valence-corrected chi connectivity index (χ2v) is 8.16. The quantitative estimate of drug-likeness (QED) is 0.765. The number of nitrogens with one attached hydrogen (secondary N) is 1. The Kier molecular flexibility index (Phi) is 4.46. The molecule has 0 aliphatic carbocycles. The lowest BCUT2D eigenvalue weighted by Gasteiger charge is -2.03. The highest BCUT2D eigenvalue weighted by molar-refractivity contribution is 7.93. The van der Waals surface area contributed by atoms with Crippen LogP contribution in [-0.2, 0) is 9.84 Å². The highest BCUT2D eigenvalue weighted by Crippen LogP contribution is 2.28. The van der Waals surface area contributed by atoms with Crippen LogP contribution in [0.3, 0.4) is 0 Å². The van der Waals surface area contributed by atoms with Crippen LogP contribution in [0.1, 0.15) is 9.67 Å². The van der Waals surface area contributed by atoms with E-state index in [9.17, 15) is 17.6 Å². The molecule has 0 fully saturated rings. The molecule has 0 saturated carbocycles.